The number of fused-ring (bicyclic) bond motifs is 1. The number of piperidine rings is 1. The van der Waals surface area contributed by atoms with Gasteiger partial charge < -0.3 is 9.47 Å². The molecular weight excluding hydrogens is 340 g/mol. The molecule has 1 N–H and O–H groups in total. The molecule has 1 saturated heterocycles. The molecule has 0 bridgehead atoms. The van der Waals surface area contributed by atoms with Gasteiger partial charge >= 0.3 is 0 Å². The summed E-state index contributed by atoms with van der Waals surface area (Å²) in [7, 11) is -3.19. The van der Waals surface area contributed by atoms with E-state index in [-0.39, 0.29) is 11.9 Å². The Hall–Kier alpha value is -1.93. The average Bonchev–Trinajstić information content (AvgIpc) is 2.87. The minimum Gasteiger partial charge on any atom is -0.343 e. The molecule has 2 heterocycles. The predicted octanol–water partition coefficient (Wildman–Crippen LogP) is 1.28. The molecule has 8 heteroatoms. The third-order valence-electron chi connectivity index (χ3n) is 4.62. The van der Waals surface area contributed by atoms with E-state index in [1.807, 2.05) is 36.1 Å². The summed E-state index contributed by atoms with van der Waals surface area (Å²) in [5.41, 5.74) is 1.99. The Morgan fingerprint density at radius 2 is 1.96 bits per heavy atom. The first kappa shape index (κ1) is 17.9. The van der Waals surface area contributed by atoms with E-state index in [4.69, 9.17) is 0 Å². The number of nitrogens with one attached hydrogen (secondary N) is 1. The molecule has 25 heavy (non-hydrogen) atoms. The first-order valence-corrected chi connectivity index (χ1v) is 10.4. The molecule has 2 aromatic rings. The minimum absolute atomic E-state index is 0.0705. The molecule has 7 nitrogen and oxygen atoms in total. The Balaban J connectivity index is 1.56. The van der Waals surface area contributed by atoms with E-state index in [2.05, 4.69) is 14.3 Å². The van der Waals surface area contributed by atoms with E-state index in [0.717, 1.165) is 16.9 Å². The van der Waals surface area contributed by atoms with Gasteiger partial charge in [-0.15, -0.1) is 0 Å². The highest BCUT2D eigenvalue weighted by molar-refractivity contribution is 7.88. The summed E-state index contributed by atoms with van der Waals surface area (Å²) in [4.78, 5) is 18.8. The second kappa shape index (κ2) is 7.13. The molecule has 3 rings (SSSR count). The van der Waals surface area contributed by atoms with Gasteiger partial charge in [-0.3, -0.25) is 4.79 Å². The SMILES string of the molecule is Cc1nc2ccccc2n1CCC(=O)N1CCC(NS(C)(=O)=O)CC1. The van der Waals surface area contributed by atoms with Crippen LogP contribution in [0.1, 0.15) is 25.1 Å². The minimum atomic E-state index is -3.19. The number of benzene rings is 1. The van der Waals surface area contributed by atoms with Gasteiger partial charge in [0.05, 0.1) is 17.3 Å². The van der Waals surface area contributed by atoms with Crippen molar-refractivity contribution in [3.63, 3.8) is 0 Å². The number of likely N-dealkylation sites (tertiary alicyclic amines) is 1. The van der Waals surface area contributed by atoms with Crippen LogP contribution in [-0.2, 0) is 21.4 Å². The molecule has 0 aliphatic carbocycles. The van der Waals surface area contributed by atoms with Gasteiger partial charge in [0.15, 0.2) is 0 Å². The van der Waals surface area contributed by atoms with E-state index in [9.17, 15) is 13.2 Å². The summed E-state index contributed by atoms with van der Waals surface area (Å²) in [6.07, 6.45) is 2.91. The largest absolute Gasteiger partial charge is 0.343 e. The molecule has 0 saturated carbocycles. The molecule has 1 aromatic carbocycles. The Labute approximate surface area is 148 Å². The third-order valence-corrected chi connectivity index (χ3v) is 5.38. The molecule has 1 aliphatic heterocycles. The van der Waals surface area contributed by atoms with Gasteiger partial charge in [0, 0.05) is 32.1 Å². The van der Waals surface area contributed by atoms with Crippen molar-refractivity contribution in [2.75, 3.05) is 19.3 Å². The van der Waals surface area contributed by atoms with E-state index in [0.29, 0.717) is 38.9 Å². The number of hydrogen-bond acceptors (Lipinski definition) is 4. The molecule has 1 fully saturated rings. The quantitative estimate of drug-likeness (QED) is 0.866. The topological polar surface area (TPSA) is 84.3 Å². The number of aryl methyl sites for hydroxylation is 2. The molecule has 1 aliphatic rings. The van der Waals surface area contributed by atoms with Crippen molar-refractivity contribution in [1.82, 2.24) is 19.2 Å². The standard InChI is InChI=1S/C17H24N4O3S/c1-13-18-15-5-3-4-6-16(15)21(13)12-9-17(22)20-10-7-14(8-11-20)19-25(2,23)24/h3-6,14,19H,7-12H2,1-2H3. The highest BCUT2D eigenvalue weighted by Crippen LogP contribution is 2.17. The number of nitrogens with zero attached hydrogens (tertiary/aromatic N) is 3. The van der Waals surface area contributed by atoms with Gasteiger partial charge in [0.2, 0.25) is 15.9 Å². The van der Waals surface area contributed by atoms with Crippen molar-refractivity contribution in [2.45, 2.75) is 38.8 Å². The van der Waals surface area contributed by atoms with Gasteiger partial charge in [-0.05, 0) is 31.9 Å². The highest BCUT2D eigenvalue weighted by atomic mass is 32.2. The second-order valence-electron chi connectivity index (χ2n) is 6.59. The maximum absolute atomic E-state index is 12.5. The van der Waals surface area contributed by atoms with Crippen molar-refractivity contribution in [2.24, 2.45) is 0 Å². The Bertz CT molecular complexity index is 867. The van der Waals surface area contributed by atoms with Crippen molar-refractivity contribution in [3.8, 4) is 0 Å². The molecule has 0 spiro atoms. The number of hydrogen-bond donors (Lipinski definition) is 1. The number of imidazole rings is 1. The Morgan fingerprint density at radius 3 is 2.64 bits per heavy atom. The lowest BCUT2D eigenvalue weighted by Gasteiger charge is -2.32. The van der Waals surface area contributed by atoms with Crippen LogP contribution in [0.15, 0.2) is 24.3 Å². The lowest BCUT2D eigenvalue weighted by Crippen LogP contribution is -2.46. The second-order valence-corrected chi connectivity index (χ2v) is 8.37. The maximum atomic E-state index is 12.5. The van der Waals surface area contributed by atoms with Gasteiger partial charge in [-0.2, -0.15) is 0 Å². The fraction of sp³-hybridized carbons (Fsp3) is 0.529. The Morgan fingerprint density at radius 1 is 1.28 bits per heavy atom. The van der Waals surface area contributed by atoms with Crippen molar-refractivity contribution >= 4 is 27.0 Å². The van der Waals surface area contributed by atoms with Crippen LogP contribution in [0.2, 0.25) is 0 Å². The van der Waals surface area contributed by atoms with E-state index in [1.54, 1.807) is 0 Å². The fourth-order valence-corrected chi connectivity index (χ4v) is 4.23. The number of carbonyl (C=O) groups is 1. The predicted molar refractivity (Wildman–Crippen MR) is 96.7 cm³/mol. The molecule has 1 amide bonds. The molecule has 0 radical (unpaired) electrons. The summed E-state index contributed by atoms with van der Waals surface area (Å²) in [5, 5.41) is 0. The monoisotopic (exact) mass is 364 g/mol. The van der Waals surface area contributed by atoms with Gasteiger partial charge in [0.1, 0.15) is 5.82 Å². The zero-order valence-corrected chi connectivity index (χ0v) is 15.4. The van der Waals surface area contributed by atoms with Crippen LogP contribution >= 0.6 is 0 Å². The van der Waals surface area contributed by atoms with Crippen LogP contribution in [0, 0.1) is 6.92 Å². The van der Waals surface area contributed by atoms with Gasteiger partial charge in [-0.25, -0.2) is 18.1 Å². The summed E-state index contributed by atoms with van der Waals surface area (Å²) >= 11 is 0. The van der Waals surface area contributed by atoms with Crippen LogP contribution < -0.4 is 4.72 Å². The number of aromatic nitrogens is 2. The summed E-state index contributed by atoms with van der Waals surface area (Å²) in [6.45, 7) is 3.74. The summed E-state index contributed by atoms with van der Waals surface area (Å²) < 4.78 is 27.3. The van der Waals surface area contributed by atoms with Crippen LogP contribution in [0.5, 0.6) is 0 Å². The maximum Gasteiger partial charge on any atom is 0.224 e. The number of carbonyl (C=O) groups excluding carboxylic acids is 1. The van der Waals surface area contributed by atoms with E-state index < -0.39 is 10.0 Å². The van der Waals surface area contributed by atoms with Gasteiger partial charge in [0.25, 0.3) is 0 Å². The zero-order chi connectivity index (χ0) is 18.0. The molecular formula is C17H24N4O3S. The van der Waals surface area contributed by atoms with Crippen LogP contribution in [0.4, 0.5) is 0 Å². The van der Waals surface area contributed by atoms with Crippen molar-refractivity contribution in [3.05, 3.63) is 30.1 Å². The van der Waals surface area contributed by atoms with Crippen LogP contribution in [0.3, 0.4) is 0 Å². The van der Waals surface area contributed by atoms with Crippen LogP contribution in [0.25, 0.3) is 11.0 Å². The Kier molecular flexibility index (Phi) is 5.10. The number of para-hydroxylation sites is 2. The summed E-state index contributed by atoms with van der Waals surface area (Å²) in [5.74, 6) is 1.01. The number of sulfonamides is 1. The molecule has 1 aromatic heterocycles. The first-order valence-electron chi connectivity index (χ1n) is 8.50. The molecule has 0 unspecified atom stereocenters. The zero-order valence-electron chi connectivity index (χ0n) is 14.6. The normalized spacial score (nSPS) is 16.5. The van der Waals surface area contributed by atoms with E-state index >= 15 is 0 Å². The lowest BCUT2D eigenvalue weighted by molar-refractivity contribution is -0.132. The molecule has 136 valence electrons. The lowest BCUT2D eigenvalue weighted by atomic mass is 10.1. The van der Waals surface area contributed by atoms with Crippen molar-refractivity contribution < 1.29 is 13.2 Å². The first-order chi connectivity index (χ1) is 11.8. The third kappa shape index (κ3) is 4.38. The average molecular weight is 364 g/mol. The molecule has 0 atom stereocenters. The van der Waals surface area contributed by atoms with Gasteiger partial charge in [-0.1, -0.05) is 12.1 Å². The highest BCUT2D eigenvalue weighted by Gasteiger charge is 2.24. The van der Waals surface area contributed by atoms with Crippen LogP contribution in [-0.4, -0.2) is 54.2 Å². The number of rotatable bonds is 5. The number of amides is 1. The van der Waals surface area contributed by atoms with E-state index in [1.165, 1.54) is 6.26 Å². The smallest absolute Gasteiger partial charge is 0.224 e. The van der Waals surface area contributed by atoms with Crippen molar-refractivity contribution in [1.29, 1.82) is 0 Å². The fourth-order valence-electron chi connectivity index (χ4n) is 3.39. The summed E-state index contributed by atoms with van der Waals surface area (Å²) in [6, 6.07) is 7.85.